The lowest BCUT2D eigenvalue weighted by Gasteiger charge is -2.15. The summed E-state index contributed by atoms with van der Waals surface area (Å²) in [4.78, 5) is 28.2. The number of hydrogen-bond donors (Lipinski definition) is 2. The second-order valence-corrected chi connectivity index (χ2v) is 6.42. The molecular formula is C21H23N3O2. The molecule has 1 aromatic carbocycles. The van der Waals surface area contributed by atoms with E-state index in [-0.39, 0.29) is 11.8 Å². The highest BCUT2D eigenvalue weighted by Crippen LogP contribution is 2.19. The SMILES string of the molecule is C=CC(=O)NCc1ccc(C(=O)NCc2ccc3c(n2)CCCC3)cc1. The molecule has 1 aromatic heterocycles. The molecule has 2 amide bonds. The van der Waals surface area contributed by atoms with E-state index in [1.807, 2.05) is 18.2 Å². The van der Waals surface area contributed by atoms with Gasteiger partial charge in [0.05, 0.1) is 12.2 Å². The zero-order valence-corrected chi connectivity index (χ0v) is 14.8. The quantitative estimate of drug-likeness (QED) is 0.788. The average Bonchev–Trinajstić information content (AvgIpc) is 2.70. The van der Waals surface area contributed by atoms with E-state index in [0.29, 0.717) is 18.7 Å². The maximum atomic E-state index is 12.3. The summed E-state index contributed by atoms with van der Waals surface area (Å²) in [7, 11) is 0. The van der Waals surface area contributed by atoms with E-state index in [9.17, 15) is 9.59 Å². The minimum absolute atomic E-state index is 0.133. The Morgan fingerprint density at radius 1 is 1.00 bits per heavy atom. The Morgan fingerprint density at radius 2 is 1.77 bits per heavy atom. The van der Waals surface area contributed by atoms with Crippen molar-refractivity contribution >= 4 is 11.8 Å². The molecule has 1 heterocycles. The highest BCUT2D eigenvalue weighted by molar-refractivity contribution is 5.94. The van der Waals surface area contributed by atoms with Gasteiger partial charge in [-0.05, 0) is 61.1 Å². The van der Waals surface area contributed by atoms with Gasteiger partial charge in [0.2, 0.25) is 5.91 Å². The van der Waals surface area contributed by atoms with Crippen LogP contribution in [0.25, 0.3) is 0 Å². The Kier molecular flexibility index (Phi) is 5.79. The van der Waals surface area contributed by atoms with Crippen LogP contribution in [0.5, 0.6) is 0 Å². The van der Waals surface area contributed by atoms with Gasteiger partial charge >= 0.3 is 0 Å². The molecule has 0 bridgehead atoms. The Morgan fingerprint density at radius 3 is 2.54 bits per heavy atom. The van der Waals surface area contributed by atoms with Crippen LogP contribution in [0.15, 0.2) is 49.1 Å². The monoisotopic (exact) mass is 349 g/mol. The zero-order chi connectivity index (χ0) is 18.4. The van der Waals surface area contributed by atoms with Crippen molar-refractivity contribution in [1.82, 2.24) is 15.6 Å². The van der Waals surface area contributed by atoms with Gasteiger partial charge in [-0.2, -0.15) is 0 Å². The molecule has 1 aliphatic carbocycles. The van der Waals surface area contributed by atoms with Crippen LogP contribution in [0.1, 0.15) is 45.7 Å². The van der Waals surface area contributed by atoms with E-state index in [0.717, 1.165) is 24.1 Å². The molecule has 0 aliphatic heterocycles. The van der Waals surface area contributed by atoms with Crippen molar-refractivity contribution in [1.29, 1.82) is 0 Å². The number of carbonyl (C=O) groups excluding carboxylic acids is 2. The molecule has 2 aromatic rings. The first-order valence-corrected chi connectivity index (χ1v) is 8.91. The molecule has 0 radical (unpaired) electrons. The maximum Gasteiger partial charge on any atom is 0.251 e. The van der Waals surface area contributed by atoms with Crippen molar-refractivity contribution in [2.45, 2.75) is 38.8 Å². The van der Waals surface area contributed by atoms with Gasteiger partial charge < -0.3 is 10.6 Å². The third kappa shape index (κ3) is 4.57. The first-order chi connectivity index (χ1) is 12.7. The highest BCUT2D eigenvalue weighted by atomic mass is 16.2. The van der Waals surface area contributed by atoms with E-state index in [4.69, 9.17) is 0 Å². The summed E-state index contributed by atoms with van der Waals surface area (Å²) in [5.74, 6) is -0.351. The smallest absolute Gasteiger partial charge is 0.251 e. The second-order valence-electron chi connectivity index (χ2n) is 6.42. The predicted molar refractivity (Wildman–Crippen MR) is 101 cm³/mol. The Bertz CT molecular complexity index is 813. The Labute approximate surface area is 153 Å². The van der Waals surface area contributed by atoms with Crippen LogP contribution in [0, 0.1) is 0 Å². The molecule has 134 valence electrons. The van der Waals surface area contributed by atoms with E-state index in [1.54, 1.807) is 12.1 Å². The zero-order valence-electron chi connectivity index (χ0n) is 14.8. The van der Waals surface area contributed by atoms with Crippen molar-refractivity contribution < 1.29 is 9.59 Å². The number of amides is 2. The van der Waals surface area contributed by atoms with Crippen molar-refractivity contribution in [3.63, 3.8) is 0 Å². The van der Waals surface area contributed by atoms with Gasteiger partial charge in [-0.15, -0.1) is 0 Å². The fourth-order valence-corrected chi connectivity index (χ4v) is 3.03. The highest BCUT2D eigenvalue weighted by Gasteiger charge is 2.12. The molecule has 0 saturated heterocycles. The molecule has 3 rings (SSSR count). The van der Waals surface area contributed by atoms with Crippen LogP contribution >= 0.6 is 0 Å². The van der Waals surface area contributed by atoms with Gasteiger partial charge in [0, 0.05) is 17.8 Å². The van der Waals surface area contributed by atoms with Crippen LogP contribution in [-0.2, 0) is 30.7 Å². The summed E-state index contributed by atoms with van der Waals surface area (Å²) < 4.78 is 0. The summed E-state index contributed by atoms with van der Waals surface area (Å²) in [5, 5.41) is 5.62. The number of carbonyl (C=O) groups is 2. The molecule has 5 nitrogen and oxygen atoms in total. The molecule has 26 heavy (non-hydrogen) atoms. The van der Waals surface area contributed by atoms with Crippen molar-refractivity contribution in [2.24, 2.45) is 0 Å². The van der Waals surface area contributed by atoms with E-state index >= 15 is 0 Å². The minimum atomic E-state index is -0.218. The molecule has 0 spiro atoms. The van der Waals surface area contributed by atoms with Gasteiger partial charge in [0.25, 0.3) is 5.91 Å². The van der Waals surface area contributed by atoms with Gasteiger partial charge in [0.15, 0.2) is 0 Å². The molecular weight excluding hydrogens is 326 g/mol. The lowest BCUT2D eigenvalue weighted by atomic mass is 9.96. The topological polar surface area (TPSA) is 71.1 Å². The van der Waals surface area contributed by atoms with Gasteiger partial charge in [-0.25, -0.2) is 0 Å². The predicted octanol–water partition coefficient (Wildman–Crippen LogP) is 2.69. The molecule has 0 atom stereocenters. The standard InChI is InChI=1S/C21H23N3O2/c1-2-20(25)22-13-15-7-9-17(10-8-15)21(26)23-14-18-12-11-16-5-3-4-6-19(16)24-18/h2,7-12H,1,3-6,13-14H2,(H,22,25)(H,23,26). The summed E-state index contributed by atoms with van der Waals surface area (Å²) in [5.41, 5.74) is 4.91. The van der Waals surface area contributed by atoms with E-state index in [2.05, 4.69) is 28.3 Å². The molecule has 1 aliphatic rings. The number of aromatic nitrogens is 1. The maximum absolute atomic E-state index is 12.3. The Hall–Kier alpha value is -2.95. The van der Waals surface area contributed by atoms with Crippen molar-refractivity contribution in [2.75, 3.05) is 0 Å². The molecule has 0 fully saturated rings. The fraction of sp³-hybridized carbons (Fsp3) is 0.286. The first kappa shape index (κ1) is 17.9. The fourth-order valence-electron chi connectivity index (χ4n) is 3.03. The molecule has 0 unspecified atom stereocenters. The average molecular weight is 349 g/mol. The van der Waals surface area contributed by atoms with Gasteiger partial charge in [-0.1, -0.05) is 24.8 Å². The van der Waals surface area contributed by atoms with Crippen LogP contribution < -0.4 is 10.6 Å². The van der Waals surface area contributed by atoms with Crippen LogP contribution in [0.3, 0.4) is 0 Å². The van der Waals surface area contributed by atoms with E-state index < -0.39 is 0 Å². The summed E-state index contributed by atoms with van der Waals surface area (Å²) >= 11 is 0. The van der Waals surface area contributed by atoms with E-state index in [1.165, 1.54) is 30.2 Å². The second kappa shape index (κ2) is 8.43. The van der Waals surface area contributed by atoms with Crippen molar-refractivity contribution in [3.8, 4) is 0 Å². The summed E-state index contributed by atoms with van der Waals surface area (Å²) in [6, 6.07) is 11.3. The number of hydrogen-bond acceptors (Lipinski definition) is 3. The van der Waals surface area contributed by atoms with Gasteiger partial charge in [0.1, 0.15) is 0 Å². The normalized spacial score (nSPS) is 12.8. The third-order valence-electron chi connectivity index (χ3n) is 4.53. The largest absolute Gasteiger partial charge is 0.348 e. The Balaban J connectivity index is 1.54. The lowest BCUT2D eigenvalue weighted by Crippen LogP contribution is -2.24. The first-order valence-electron chi connectivity index (χ1n) is 8.91. The molecule has 0 saturated carbocycles. The summed E-state index contributed by atoms with van der Waals surface area (Å²) in [6.45, 7) is 4.24. The lowest BCUT2D eigenvalue weighted by molar-refractivity contribution is -0.116. The number of benzene rings is 1. The number of pyridine rings is 1. The van der Waals surface area contributed by atoms with Crippen LogP contribution in [-0.4, -0.2) is 16.8 Å². The van der Waals surface area contributed by atoms with Crippen LogP contribution in [0.2, 0.25) is 0 Å². The number of aryl methyl sites for hydroxylation is 2. The van der Waals surface area contributed by atoms with Crippen LogP contribution in [0.4, 0.5) is 0 Å². The van der Waals surface area contributed by atoms with Gasteiger partial charge in [-0.3, -0.25) is 14.6 Å². The van der Waals surface area contributed by atoms with Crippen molar-refractivity contribution in [3.05, 3.63) is 77.1 Å². The number of nitrogens with zero attached hydrogens (tertiary/aromatic N) is 1. The number of nitrogens with one attached hydrogen (secondary N) is 2. The number of rotatable bonds is 6. The molecule has 5 heteroatoms. The molecule has 2 N–H and O–H groups in total. The minimum Gasteiger partial charge on any atom is -0.348 e. The third-order valence-corrected chi connectivity index (χ3v) is 4.53. The number of fused-ring (bicyclic) bond motifs is 1. The summed E-state index contributed by atoms with van der Waals surface area (Å²) in [6.07, 6.45) is 5.79.